The topological polar surface area (TPSA) is 60.2 Å². The smallest absolute Gasteiger partial charge is 0.219 e. The second-order valence-electron chi connectivity index (χ2n) is 2.94. The van der Waals surface area contributed by atoms with Gasteiger partial charge in [-0.15, -0.1) is 12.4 Å². The maximum Gasteiger partial charge on any atom is 0.219 e. The number of nitrogens with zero attached hydrogens (tertiary/aromatic N) is 1. The lowest BCUT2D eigenvalue weighted by atomic mass is 10.3. The van der Waals surface area contributed by atoms with Crippen molar-refractivity contribution in [1.82, 2.24) is 4.98 Å². The number of pyridine rings is 1. The van der Waals surface area contributed by atoms with E-state index >= 15 is 0 Å². The molecule has 5 heteroatoms. The molecule has 0 amide bonds. The van der Waals surface area contributed by atoms with Crippen LogP contribution in [0.15, 0.2) is 48.7 Å². The molecule has 0 atom stereocenters. The fourth-order valence-corrected chi connectivity index (χ4v) is 1.15. The van der Waals surface area contributed by atoms with Crippen LogP contribution in [0.1, 0.15) is 0 Å². The number of nitrogens with two attached hydrogens (primary N) is 1. The largest absolute Gasteiger partial charge is 0.439 e. The monoisotopic (exact) mass is 237 g/mol. The number of anilines is 1. The van der Waals surface area contributed by atoms with E-state index in [1.807, 2.05) is 36.4 Å². The second kappa shape index (κ2) is 5.95. The first-order valence-corrected chi connectivity index (χ1v) is 4.54. The summed E-state index contributed by atoms with van der Waals surface area (Å²) in [4.78, 5) is 4.05. The van der Waals surface area contributed by atoms with Crippen LogP contribution in [0.5, 0.6) is 11.6 Å². The minimum Gasteiger partial charge on any atom is -0.439 e. The molecule has 4 nitrogen and oxygen atoms in total. The van der Waals surface area contributed by atoms with Crippen molar-refractivity contribution < 1.29 is 4.74 Å². The summed E-state index contributed by atoms with van der Waals surface area (Å²) >= 11 is 0. The van der Waals surface area contributed by atoms with Crippen LogP contribution in [-0.4, -0.2) is 4.98 Å². The molecule has 0 aliphatic carbocycles. The van der Waals surface area contributed by atoms with Gasteiger partial charge in [-0.1, -0.05) is 6.07 Å². The quantitative estimate of drug-likeness (QED) is 0.636. The van der Waals surface area contributed by atoms with Crippen LogP contribution in [0, 0.1) is 0 Å². The molecule has 2 aromatic rings. The van der Waals surface area contributed by atoms with Gasteiger partial charge in [0.05, 0.1) is 0 Å². The van der Waals surface area contributed by atoms with Gasteiger partial charge < -0.3 is 10.2 Å². The number of hydrogen-bond donors (Lipinski definition) is 2. The molecule has 0 saturated carbocycles. The minimum atomic E-state index is 0. The number of hydrazine groups is 1. The third-order valence-corrected chi connectivity index (χ3v) is 1.88. The van der Waals surface area contributed by atoms with E-state index in [1.165, 1.54) is 0 Å². The van der Waals surface area contributed by atoms with E-state index in [0.717, 1.165) is 11.4 Å². The first-order chi connectivity index (χ1) is 7.38. The van der Waals surface area contributed by atoms with Gasteiger partial charge in [0.25, 0.3) is 0 Å². The number of aromatic nitrogens is 1. The van der Waals surface area contributed by atoms with E-state index in [9.17, 15) is 0 Å². The number of hydrogen-bond acceptors (Lipinski definition) is 4. The summed E-state index contributed by atoms with van der Waals surface area (Å²) < 4.78 is 5.50. The maximum absolute atomic E-state index is 5.50. The highest BCUT2D eigenvalue weighted by molar-refractivity contribution is 5.85. The Morgan fingerprint density at radius 3 is 2.38 bits per heavy atom. The van der Waals surface area contributed by atoms with Crippen LogP contribution in [0.4, 0.5) is 5.69 Å². The number of halogens is 1. The molecule has 0 radical (unpaired) electrons. The van der Waals surface area contributed by atoms with E-state index in [1.54, 1.807) is 12.3 Å². The Bertz CT molecular complexity index is 419. The van der Waals surface area contributed by atoms with Crippen molar-refractivity contribution in [3.05, 3.63) is 48.7 Å². The van der Waals surface area contributed by atoms with Crippen LogP contribution in [0.25, 0.3) is 0 Å². The lowest BCUT2D eigenvalue weighted by Gasteiger charge is -2.04. The first kappa shape index (κ1) is 12.3. The van der Waals surface area contributed by atoms with Gasteiger partial charge in [0, 0.05) is 18.0 Å². The number of ether oxygens (including phenoxy) is 1. The zero-order chi connectivity index (χ0) is 10.5. The van der Waals surface area contributed by atoms with Crippen LogP contribution in [0.2, 0.25) is 0 Å². The van der Waals surface area contributed by atoms with Crippen molar-refractivity contribution in [2.24, 2.45) is 5.84 Å². The molecule has 16 heavy (non-hydrogen) atoms. The number of benzene rings is 1. The predicted octanol–water partition coefficient (Wildman–Crippen LogP) is 2.58. The third kappa shape index (κ3) is 3.12. The van der Waals surface area contributed by atoms with E-state index in [-0.39, 0.29) is 12.4 Å². The Balaban J connectivity index is 0.00000128. The van der Waals surface area contributed by atoms with Gasteiger partial charge in [0.1, 0.15) is 5.75 Å². The van der Waals surface area contributed by atoms with E-state index < -0.39 is 0 Å². The van der Waals surface area contributed by atoms with Crippen molar-refractivity contribution in [2.75, 3.05) is 5.43 Å². The second-order valence-corrected chi connectivity index (χ2v) is 2.94. The Kier molecular flexibility index (Phi) is 4.57. The van der Waals surface area contributed by atoms with E-state index in [4.69, 9.17) is 10.6 Å². The van der Waals surface area contributed by atoms with Gasteiger partial charge in [-0.05, 0) is 30.3 Å². The van der Waals surface area contributed by atoms with Crippen molar-refractivity contribution in [1.29, 1.82) is 0 Å². The van der Waals surface area contributed by atoms with Gasteiger partial charge in [-0.3, -0.25) is 5.84 Å². The number of rotatable bonds is 3. The SMILES string of the molecule is Cl.NNc1ccc(Oc2ccccn2)cc1. The molecule has 0 bridgehead atoms. The molecule has 0 unspecified atom stereocenters. The van der Waals surface area contributed by atoms with Crippen molar-refractivity contribution in [3.63, 3.8) is 0 Å². The van der Waals surface area contributed by atoms with Crippen molar-refractivity contribution >= 4 is 18.1 Å². The van der Waals surface area contributed by atoms with Gasteiger partial charge in [-0.2, -0.15) is 0 Å². The van der Waals surface area contributed by atoms with Gasteiger partial charge in [-0.25, -0.2) is 4.98 Å². The normalized spacial score (nSPS) is 9.06. The number of nitrogens with one attached hydrogen (secondary N) is 1. The van der Waals surface area contributed by atoms with Crippen molar-refractivity contribution in [3.8, 4) is 11.6 Å². The molecule has 1 aromatic heterocycles. The fourth-order valence-electron chi connectivity index (χ4n) is 1.15. The Morgan fingerprint density at radius 1 is 1.06 bits per heavy atom. The summed E-state index contributed by atoms with van der Waals surface area (Å²) in [5, 5.41) is 0. The average Bonchev–Trinajstić information content (AvgIpc) is 2.31. The zero-order valence-electron chi connectivity index (χ0n) is 8.46. The molecule has 2 rings (SSSR count). The molecule has 3 N–H and O–H groups in total. The molecule has 1 heterocycles. The minimum absolute atomic E-state index is 0. The van der Waals surface area contributed by atoms with E-state index in [0.29, 0.717) is 5.88 Å². The molecule has 0 saturated heterocycles. The summed E-state index contributed by atoms with van der Waals surface area (Å²) in [5.41, 5.74) is 3.38. The molecule has 0 aliphatic rings. The average molecular weight is 238 g/mol. The highest BCUT2D eigenvalue weighted by Gasteiger charge is 1.96. The molecule has 84 valence electrons. The summed E-state index contributed by atoms with van der Waals surface area (Å²) in [6.45, 7) is 0. The van der Waals surface area contributed by atoms with Gasteiger partial charge in [0.2, 0.25) is 5.88 Å². The predicted molar refractivity (Wildman–Crippen MR) is 65.8 cm³/mol. The Morgan fingerprint density at radius 2 is 1.81 bits per heavy atom. The highest BCUT2D eigenvalue weighted by Crippen LogP contribution is 2.20. The summed E-state index contributed by atoms with van der Waals surface area (Å²) in [6.07, 6.45) is 1.69. The molecular formula is C11H12ClN3O. The van der Waals surface area contributed by atoms with E-state index in [2.05, 4.69) is 10.4 Å². The van der Waals surface area contributed by atoms with Crippen LogP contribution in [-0.2, 0) is 0 Å². The molecule has 0 aliphatic heterocycles. The molecular weight excluding hydrogens is 226 g/mol. The van der Waals surface area contributed by atoms with Crippen LogP contribution >= 0.6 is 12.4 Å². The Hall–Kier alpha value is -1.78. The highest BCUT2D eigenvalue weighted by atomic mass is 35.5. The van der Waals surface area contributed by atoms with Gasteiger partial charge >= 0.3 is 0 Å². The third-order valence-electron chi connectivity index (χ3n) is 1.88. The fraction of sp³-hybridized carbons (Fsp3) is 0. The van der Waals surface area contributed by atoms with Crippen LogP contribution < -0.4 is 16.0 Å². The Labute approximate surface area is 99.8 Å². The lowest BCUT2D eigenvalue weighted by Crippen LogP contribution is -2.05. The molecule has 0 spiro atoms. The van der Waals surface area contributed by atoms with Crippen LogP contribution in [0.3, 0.4) is 0 Å². The standard InChI is InChI=1S/C11H11N3O.ClH/c12-14-9-4-6-10(7-5-9)15-11-3-1-2-8-13-11;/h1-8,14H,12H2;1H. The lowest BCUT2D eigenvalue weighted by molar-refractivity contribution is 0.463. The van der Waals surface area contributed by atoms with Gasteiger partial charge in [0.15, 0.2) is 0 Å². The van der Waals surface area contributed by atoms with Crippen molar-refractivity contribution in [2.45, 2.75) is 0 Å². The summed E-state index contributed by atoms with van der Waals surface area (Å²) in [6, 6.07) is 12.8. The number of nitrogen functional groups attached to an aromatic ring is 1. The first-order valence-electron chi connectivity index (χ1n) is 4.54. The zero-order valence-corrected chi connectivity index (χ0v) is 9.28. The summed E-state index contributed by atoms with van der Waals surface area (Å²) in [7, 11) is 0. The molecule has 1 aromatic carbocycles. The summed E-state index contributed by atoms with van der Waals surface area (Å²) in [5.74, 6) is 6.55. The molecule has 0 fully saturated rings. The maximum atomic E-state index is 5.50.